The lowest BCUT2D eigenvalue weighted by molar-refractivity contribution is 0.0195. The summed E-state index contributed by atoms with van der Waals surface area (Å²) in [4.78, 5) is 13.5. The molecule has 0 saturated carbocycles. The Balaban J connectivity index is 0.00000208. The summed E-state index contributed by atoms with van der Waals surface area (Å²) in [5.74, 6) is 1.03. The number of hydrogen-bond donors (Lipinski definition) is 1. The first kappa shape index (κ1) is 19.5. The topological polar surface area (TPSA) is 57.9 Å². The van der Waals surface area contributed by atoms with Crippen LogP contribution in [0, 0.1) is 0 Å². The Kier molecular flexibility index (Phi) is 8.26. The summed E-state index contributed by atoms with van der Waals surface area (Å²) in [5.41, 5.74) is 0. The first-order valence-electron chi connectivity index (χ1n) is 8.60. The number of likely N-dealkylation sites (tertiary alicyclic amines) is 1. The second-order valence-electron chi connectivity index (χ2n) is 6.16. The van der Waals surface area contributed by atoms with Crippen LogP contribution in [-0.4, -0.2) is 84.3 Å². The van der Waals surface area contributed by atoms with Crippen molar-refractivity contribution in [2.45, 2.75) is 25.4 Å². The van der Waals surface area contributed by atoms with Gasteiger partial charge in [0, 0.05) is 64.8 Å². The van der Waals surface area contributed by atoms with E-state index in [0.717, 1.165) is 64.9 Å². The molecule has 2 aliphatic heterocycles. The predicted molar refractivity (Wildman–Crippen MR) is 106 cm³/mol. The van der Waals surface area contributed by atoms with Crippen molar-refractivity contribution in [3.05, 3.63) is 18.7 Å². The molecule has 3 heterocycles. The van der Waals surface area contributed by atoms with Crippen molar-refractivity contribution >= 4 is 29.9 Å². The van der Waals surface area contributed by atoms with Crippen molar-refractivity contribution in [3.63, 3.8) is 0 Å². The van der Waals surface area contributed by atoms with Gasteiger partial charge in [0.25, 0.3) is 0 Å². The minimum absolute atomic E-state index is 0. The Hall–Kier alpha value is -0.870. The van der Waals surface area contributed by atoms with Gasteiger partial charge >= 0.3 is 0 Å². The molecule has 2 fully saturated rings. The maximum atomic E-state index is 5.45. The Morgan fingerprint density at radius 1 is 1.33 bits per heavy atom. The van der Waals surface area contributed by atoms with Gasteiger partial charge in [0.05, 0.1) is 19.5 Å². The van der Waals surface area contributed by atoms with Crippen LogP contribution in [0.4, 0.5) is 0 Å². The van der Waals surface area contributed by atoms with Gasteiger partial charge in [-0.05, 0) is 12.8 Å². The molecule has 1 unspecified atom stereocenters. The minimum Gasteiger partial charge on any atom is -0.379 e. The largest absolute Gasteiger partial charge is 0.379 e. The highest BCUT2D eigenvalue weighted by Crippen LogP contribution is 2.16. The number of nitrogens with one attached hydrogen (secondary N) is 1. The molecule has 1 aromatic heterocycles. The summed E-state index contributed by atoms with van der Waals surface area (Å²) in [6.45, 7) is 7.95. The van der Waals surface area contributed by atoms with Gasteiger partial charge < -0.3 is 19.5 Å². The number of aromatic nitrogens is 2. The Morgan fingerprint density at radius 3 is 2.88 bits per heavy atom. The lowest BCUT2D eigenvalue weighted by atomic mass is 10.2. The molecule has 0 bridgehead atoms. The van der Waals surface area contributed by atoms with E-state index >= 15 is 0 Å². The van der Waals surface area contributed by atoms with Crippen LogP contribution < -0.4 is 5.32 Å². The second-order valence-corrected chi connectivity index (χ2v) is 6.16. The molecule has 24 heavy (non-hydrogen) atoms. The number of imidazole rings is 1. The number of nitrogens with zero attached hydrogens (tertiary/aromatic N) is 5. The van der Waals surface area contributed by atoms with Crippen LogP contribution in [0.25, 0.3) is 0 Å². The van der Waals surface area contributed by atoms with E-state index < -0.39 is 0 Å². The van der Waals surface area contributed by atoms with E-state index in [0.29, 0.717) is 6.04 Å². The number of aliphatic imine (C=N–C) groups is 1. The molecule has 0 radical (unpaired) electrons. The Morgan fingerprint density at radius 2 is 2.17 bits per heavy atom. The average molecular weight is 448 g/mol. The molecule has 2 aliphatic rings. The van der Waals surface area contributed by atoms with Crippen molar-refractivity contribution in [1.82, 2.24) is 24.7 Å². The van der Waals surface area contributed by atoms with Crippen LogP contribution >= 0.6 is 24.0 Å². The monoisotopic (exact) mass is 448 g/mol. The number of morpholine rings is 1. The highest BCUT2D eigenvalue weighted by molar-refractivity contribution is 14.0. The summed E-state index contributed by atoms with van der Waals surface area (Å²) >= 11 is 0. The van der Waals surface area contributed by atoms with Gasteiger partial charge in [0.2, 0.25) is 0 Å². The van der Waals surface area contributed by atoms with Gasteiger partial charge in [-0.15, -0.1) is 24.0 Å². The van der Waals surface area contributed by atoms with Gasteiger partial charge in [-0.3, -0.25) is 9.89 Å². The summed E-state index contributed by atoms with van der Waals surface area (Å²) < 4.78 is 7.56. The fourth-order valence-electron chi connectivity index (χ4n) is 3.39. The average Bonchev–Trinajstić information content (AvgIpc) is 3.27. The van der Waals surface area contributed by atoms with Crippen LogP contribution in [0.3, 0.4) is 0 Å². The SMILES string of the molecule is CN=C(NCCCn1ccnc1)N1CCC(N2CCOCC2)C1.I. The van der Waals surface area contributed by atoms with Gasteiger partial charge in [-0.1, -0.05) is 0 Å². The second kappa shape index (κ2) is 10.2. The third kappa shape index (κ3) is 5.32. The Bertz CT molecular complexity index is 489. The third-order valence-corrected chi connectivity index (χ3v) is 4.67. The van der Waals surface area contributed by atoms with E-state index in [-0.39, 0.29) is 24.0 Å². The zero-order chi connectivity index (χ0) is 15.9. The van der Waals surface area contributed by atoms with Gasteiger partial charge in [0.15, 0.2) is 5.96 Å². The molecule has 0 aliphatic carbocycles. The molecule has 7 nitrogen and oxygen atoms in total. The Labute approximate surface area is 161 Å². The molecule has 1 N–H and O–H groups in total. The van der Waals surface area contributed by atoms with Crippen molar-refractivity contribution in [2.75, 3.05) is 53.0 Å². The predicted octanol–water partition coefficient (Wildman–Crippen LogP) is 0.873. The fraction of sp³-hybridized carbons (Fsp3) is 0.750. The fourth-order valence-corrected chi connectivity index (χ4v) is 3.39. The van der Waals surface area contributed by atoms with E-state index in [1.165, 1.54) is 6.42 Å². The molecule has 0 spiro atoms. The highest BCUT2D eigenvalue weighted by atomic mass is 127. The van der Waals surface area contributed by atoms with Crippen LogP contribution in [0.5, 0.6) is 0 Å². The first-order valence-corrected chi connectivity index (χ1v) is 8.60. The molecule has 2 saturated heterocycles. The van der Waals surface area contributed by atoms with Gasteiger partial charge in [-0.2, -0.15) is 0 Å². The van der Waals surface area contributed by atoms with E-state index in [9.17, 15) is 0 Å². The van der Waals surface area contributed by atoms with Gasteiger partial charge in [0.1, 0.15) is 0 Å². The van der Waals surface area contributed by atoms with Crippen molar-refractivity contribution < 1.29 is 4.74 Å². The standard InChI is InChI=1S/C16H28N6O.HI/c1-17-16(19-4-2-6-20-8-5-18-14-20)22-7-3-15(13-22)21-9-11-23-12-10-21;/h5,8,14-15H,2-4,6-7,9-13H2,1H3,(H,17,19);1H. The molecule has 0 amide bonds. The van der Waals surface area contributed by atoms with Crippen LogP contribution in [0.2, 0.25) is 0 Å². The zero-order valence-electron chi connectivity index (χ0n) is 14.4. The molecule has 1 aromatic rings. The minimum atomic E-state index is 0. The maximum absolute atomic E-state index is 5.45. The quantitative estimate of drug-likeness (QED) is 0.314. The summed E-state index contributed by atoms with van der Waals surface area (Å²) in [5, 5.41) is 3.50. The highest BCUT2D eigenvalue weighted by Gasteiger charge is 2.30. The van der Waals surface area contributed by atoms with Gasteiger partial charge in [-0.25, -0.2) is 4.98 Å². The van der Waals surface area contributed by atoms with Crippen molar-refractivity contribution in [2.24, 2.45) is 4.99 Å². The maximum Gasteiger partial charge on any atom is 0.193 e. The third-order valence-electron chi connectivity index (χ3n) is 4.67. The summed E-state index contributed by atoms with van der Waals surface area (Å²) in [6.07, 6.45) is 7.97. The van der Waals surface area contributed by atoms with E-state index in [4.69, 9.17) is 4.74 Å². The van der Waals surface area contributed by atoms with Crippen LogP contribution in [-0.2, 0) is 11.3 Å². The van der Waals surface area contributed by atoms with E-state index in [1.807, 2.05) is 25.8 Å². The summed E-state index contributed by atoms with van der Waals surface area (Å²) in [7, 11) is 1.88. The van der Waals surface area contributed by atoms with Crippen molar-refractivity contribution in [1.29, 1.82) is 0 Å². The van der Waals surface area contributed by atoms with Crippen LogP contribution in [0.1, 0.15) is 12.8 Å². The molecular weight excluding hydrogens is 419 g/mol. The zero-order valence-corrected chi connectivity index (χ0v) is 16.8. The molecule has 0 aromatic carbocycles. The van der Waals surface area contributed by atoms with Crippen LogP contribution in [0.15, 0.2) is 23.7 Å². The number of aryl methyl sites for hydroxylation is 1. The van der Waals surface area contributed by atoms with E-state index in [1.54, 1.807) is 0 Å². The number of guanidine groups is 1. The first-order chi connectivity index (χ1) is 11.4. The lowest BCUT2D eigenvalue weighted by Gasteiger charge is -2.32. The lowest BCUT2D eigenvalue weighted by Crippen LogP contribution is -2.46. The summed E-state index contributed by atoms with van der Waals surface area (Å²) in [6, 6.07) is 0.642. The normalized spacial score (nSPS) is 22.5. The van der Waals surface area contributed by atoms with E-state index in [2.05, 4.69) is 29.7 Å². The number of hydrogen-bond acceptors (Lipinski definition) is 4. The molecule has 8 heteroatoms. The molecule has 136 valence electrons. The smallest absolute Gasteiger partial charge is 0.193 e. The molecule has 3 rings (SSSR count). The number of halogens is 1. The number of ether oxygens (including phenoxy) is 1. The number of rotatable bonds is 5. The molecular formula is C16H29IN6O. The molecule has 1 atom stereocenters. The van der Waals surface area contributed by atoms with Crippen molar-refractivity contribution in [3.8, 4) is 0 Å².